The molecular weight excluding hydrogens is 354 g/mol. The van der Waals surface area contributed by atoms with Crippen LogP contribution in [-0.2, 0) is 5.41 Å². The molecule has 0 radical (unpaired) electrons. The molecule has 1 N–H and O–H groups in total. The van der Waals surface area contributed by atoms with Crippen LogP contribution in [0.4, 0.5) is 0 Å². The molecule has 2 aromatic carbocycles. The molecule has 0 amide bonds. The van der Waals surface area contributed by atoms with Crippen molar-refractivity contribution in [2.24, 2.45) is 16.3 Å². The minimum absolute atomic E-state index is 0.118. The summed E-state index contributed by atoms with van der Waals surface area (Å²) >= 11 is 0. The highest BCUT2D eigenvalue weighted by Gasteiger charge is 2.29. The standard InChI is InChI=1S/C27H37NO/c1-26(2,3)20-12-14-21(15-13-20)28-18-23-22(19-10-8-7-9-11-19)16-17-24(25(23)29)27(4,5)6/h7-11,16-18,20-21,29H,12-15H2,1-6H3. The van der Waals surface area contributed by atoms with Crippen LogP contribution < -0.4 is 0 Å². The molecule has 2 nitrogen and oxygen atoms in total. The first-order valence-electron chi connectivity index (χ1n) is 11.0. The van der Waals surface area contributed by atoms with E-state index in [0.717, 1.165) is 41.0 Å². The molecule has 156 valence electrons. The largest absolute Gasteiger partial charge is 0.507 e. The Morgan fingerprint density at radius 3 is 2.03 bits per heavy atom. The normalized spacial score (nSPS) is 20.9. The molecule has 0 aromatic heterocycles. The van der Waals surface area contributed by atoms with Gasteiger partial charge in [-0.3, -0.25) is 4.99 Å². The van der Waals surface area contributed by atoms with Crippen molar-refractivity contribution < 1.29 is 5.11 Å². The van der Waals surface area contributed by atoms with Gasteiger partial charge in [0.1, 0.15) is 5.75 Å². The third-order valence-corrected chi connectivity index (χ3v) is 6.45. The third-order valence-electron chi connectivity index (χ3n) is 6.45. The minimum atomic E-state index is -0.118. The first-order chi connectivity index (χ1) is 13.6. The Morgan fingerprint density at radius 2 is 1.48 bits per heavy atom. The lowest BCUT2D eigenvalue weighted by Crippen LogP contribution is -2.27. The van der Waals surface area contributed by atoms with Crippen molar-refractivity contribution in [1.29, 1.82) is 0 Å². The van der Waals surface area contributed by atoms with Gasteiger partial charge in [-0.05, 0) is 59.1 Å². The van der Waals surface area contributed by atoms with Gasteiger partial charge in [-0.1, -0.05) is 84.0 Å². The lowest BCUT2D eigenvalue weighted by atomic mass is 9.71. The van der Waals surface area contributed by atoms with Crippen molar-refractivity contribution in [2.45, 2.75) is 78.7 Å². The molecule has 0 aliphatic heterocycles. The fraction of sp³-hybridized carbons (Fsp3) is 0.519. The van der Waals surface area contributed by atoms with Crippen molar-refractivity contribution >= 4 is 6.21 Å². The highest BCUT2D eigenvalue weighted by molar-refractivity contribution is 5.94. The van der Waals surface area contributed by atoms with E-state index < -0.39 is 0 Å². The van der Waals surface area contributed by atoms with Gasteiger partial charge >= 0.3 is 0 Å². The van der Waals surface area contributed by atoms with E-state index in [-0.39, 0.29) is 5.41 Å². The Kier molecular flexibility index (Phi) is 6.22. The van der Waals surface area contributed by atoms with Gasteiger partial charge in [-0.2, -0.15) is 0 Å². The van der Waals surface area contributed by atoms with Crippen molar-refractivity contribution in [3.8, 4) is 16.9 Å². The fourth-order valence-electron chi connectivity index (χ4n) is 4.48. The predicted molar refractivity (Wildman–Crippen MR) is 125 cm³/mol. The van der Waals surface area contributed by atoms with E-state index >= 15 is 0 Å². The summed E-state index contributed by atoms with van der Waals surface area (Å²) in [5, 5.41) is 11.2. The van der Waals surface area contributed by atoms with E-state index in [1.807, 2.05) is 24.4 Å². The maximum atomic E-state index is 11.2. The van der Waals surface area contributed by atoms with E-state index in [2.05, 4.69) is 65.8 Å². The van der Waals surface area contributed by atoms with Crippen molar-refractivity contribution in [3.05, 3.63) is 53.6 Å². The minimum Gasteiger partial charge on any atom is -0.507 e. The highest BCUT2D eigenvalue weighted by Crippen LogP contribution is 2.40. The maximum absolute atomic E-state index is 11.2. The molecule has 0 bridgehead atoms. The van der Waals surface area contributed by atoms with E-state index in [9.17, 15) is 5.11 Å². The number of rotatable bonds is 3. The zero-order valence-electron chi connectivity index (χ0n) is 19.0. The van der Waals surface area contributed by atoms with Crippen LogP contribution >= 0.6 is 0 Å². The fourth-order valence-corrected chi connectivity index (χ4v) is 4.48. The summed E-state index contributed by atoms with van der Waals surface area (Å²) in [7, 11) is 0. The Bertz CT molecular complexity index is 845. The molecule has 3 rings (SSSR count). The maximum Gasteiger partial charge on any atom is 0.128 e. The average molecular weight is 392 g/mol. The second-order valence-electron chi connectivity index (χ2n) is 10.7. The van der Waals surface area contributed by atoms with Gasteiger partial charge in [0.05, 0.1) is 0 Å². The molecule has 1 aliphatic rings. The van der Waals surface area contributed by atoms with E-state index in [1.165, 1.54) is 12.8 Å². The molecule has 29 heavy (non-hydrogen) atoms. The second kappa shape index (κ2) is 8.34. The molecule has 0 saturated heterocycles. The topological polar surface area (TPSA) is 32.6 Å². The van der Waals surface area contributed by atoms with E-state index in [0.29, 0.717) is 17.2 Å². The van der Waals surface area contributed by atoms with Crippen LogP contribution in [0.3, 0.4) is 0 Å². The van der Waals surface area contributed by atoms with Crippen molar-refractivity contribution in [2.75, 3.05) is 0 Å². The summed E-state index contributed by atoms with van der Waals surface area (Å²) in [4.78, 5) is 4.96. The molecule has 2 heteroatoms. The smallest absolute Gasteiger partial charge is 0.128 e. The Balaban J connectivity index is 1.92. The van der Waals surface area contributed by atoms with E-state index in [1.54, 1.807) is 0 Å². The van der Waals surface area contributed by atoms with Crippen LogP contribution in [-0.4, -0.2) is 17.4 Å². The lowest BCUT2D eigenvalue weighted by Gasteiger charge is -2.35. The van der Waals surface area contributed by atoms with Gasteiger partial charge in [0, 0.05) is 17.8 Å². The first kappa shape index (κ1) is 21.6. The van der Waals surface area contributed by atoms with Gasteiger partial charge in [0.15, 0.2) is 0 Å². The number of hydrogen-bond acceptors (Lipinski definition) is 2. The van der Waals surface area contributed by atoms with Crippen molar-refractivity contribution in [3.63, 3.8) is 0 Å². The molecule has 1 aliphatic carbocycles. The lowest BCUT2D eigenvalue weighted by molar-refractivity contribution is 0.170. The molecule has 0 atom stereocenters. The van der Waals surface area contributed by atoms with Crippen LogP contribution in [0.2, 0.25) is 0 Å². The Hall–Kier alpha value is -2.09. The Labute approximate surface area is 177 Å². The van der Waals surface area contributed by atoms with Crippen LogP contribution in [0.25, 0.3) is 11.1 Å². The Morgan fingerprint density at radius 1 is 0.862 bits per heavy atom. The van der Waals surface area contributed by atoms with Crippen molar-refractivity contribution in [1.82, 2.24) is 0 Å². The monoisotopic (exact) mass is 391 g/mol. The SMILES string of the molecule is CC(C)(C)c1ccc(-c2ccccc2)c(C=NC2CCC(C(C)(C)C)CC2)c1O. The number of aromatic hydroxyl groups is 1. The second-order valence-corrected chi connectivity index (χ2v) is 10.7. The molecular formula is C27H37NO. The van der Waals surface area contributed by atoms with Crippen LogP contribution in [0.15, 0.2) is 47.5 Å². The average Bonchev–Trinajstić information content (AvgIpc) is 2.66. The number of benzene rings is 2. The summed E-state index contributed by atoms with van der Waals surface area (Å²) in [6.45, 7) is 13.5. The zero-order valence-corrected chi connectivity index (χ0v) is 19.0. The quantitative estimate of drug-likeness (QED) is 0.544. The van der Waals surface area contributed by atoms with Crippen LogP contribution in [0.1, 0.15) is 78.4 Å². The number of phenolic OH excluding ortho intramolecular Hbond substituents is 1. The van der Waals surface area contributed by atoms with Gasteiger partial charge in [-0.15, -0.1) is 0 Å². The first-order valence-corrected chi connectivity index (χ1v) is 11.0. The number of phenols is 1. The van der Waals surface area contributed by atoms with Gasteiger partial charge in [0.25, 0.3) is 0 Å². The molecule has 0 spiro atoms. The molecule has 1 saturated carbocycles. The third kappa shape index (κ3) is 5.10. The number of hydrogen-bond donors (Lipinski definition) is 1. The molecule has 1 fully saturated rings. The molecule has 0 unspecified atom stereocenters. The summed E-state index contributed by atoms with van der Waals surface area (Å²) in [6, 6.07) is 14.8. The highest BCUT2D eigenvalue weighted by atomic mass is 16.3. The predicted octanol–water partition coefficient (Wildman–Crippen LogP) is 7.38. The van der Waals surface area contributed by atoms with Gasteiger partial charge in [-0.25, -0.2) is 0 Å². The summed E-state index contributed by atoms with van der Waals surface area (Å²) in [5.74, 6) is 1.15. The molecule has 0 heterocycles. The van der Waals surface area contributed by atoms with Crippen LogP contribution in [0.5, 0.6) is 5.75 Å². The zero-order chi connectivity index (χ0) is 21.2. The number of nitrogens with zero attached hydrogens (tertiary/aromatic N) is 1. The van der Waals surface area contributed by atoms with E-state index in [4.69, 9.17) is 4.99 Å². The summed E-state index contributed by atoms with van der Waals surface area (Å²) in [6.07, 6.45) is 6.70. The number of aliphatic imine (C=N–C) groups is 1. The molecule has 2 aromatic rings. The van der Waals surface area contributed by atoms with Crippen LogP contribution in [0, 0.1) is 11.3 Å². The van der Waals surface area contributed by atoms with Gasteiger partial charge in [0.2, 0.25) is 0 Å². The summed E-state index contributed by atoms with van der Waals surface area (Å²) < 4.78 is 0. The summed E-state index contributed by atoms with van der Waals surface area (Å²) in [5.41, 5.74) is 4.24. The van der Waals surface area contributed by atoms with Gasteiger partial charge < -0.3 is 5.11 Å².